The van der Waals surface area contributed by atoms with Crippen LogP contribution in [0.15, 0.2) is 0 Å². The highest BCUT2D eigenvalue weighted by atomic mass is 19.4. The Kier molecular flexibility index (Phi) is 4.76. The third kappa shape index (κ3) is 3.85. The lowest BCUT2D eigenvalue weighted by Gasteiger charge is -2.26. The minimum absolute atomic E-state index is 0.100. The van der Waals surface area contributed by atoms with Crippen LogP contribution in [0.5, 0.6) is 0 Å². The third-order valence-corrected chi connectivity index (χ3v) is 2.87. The fourth-order valence-corrected chi connectivity index (χ4v) is 2.10. The molecule has 1 amide bonds. The van der Waals surface area contributed by atoms with Gasteiger partial charge in [-0.3, -0.25) is 9.69 Å². The number of amides is 1. The second-order valence-corrected chi connectivity index (χ2v) is 4.03. The van der Waals surface area contributed by atoms with Crippen LogP contribution in [0.4, 0.5) is 13.2 Å². The second-order valence-electron chi connectivity index (χ2n) is 4.03. The predicted octanol–water partition coefficient (Wildman–Crippen LogP) is 0.464. The molecule has 1 rings (SSSR count). The summed E-state index contributed by atoms with van der Waals surface area (Å²) in [4.78, 5) is 14.3. The molecule has 1 atom stereocenters. The van der Waals surface area contributed by atoms with Gasteiger partial charge in [0.05, 0.1) is 12.6 Å². The Labute approximate surface area is 98.0 Å². The number of hydrogen-bond acceptors (Lipinski definition) is 3. The van der Waals surface area contributed by atoms with E-state index in [2.05, 4.69) is 0 Å². The van der Waals surface area contributed by atoms with Gasteiger partial charge in [0.2, 0.25) is 5.91 Å². The van der Waals surface area contributed by atoms with Gasteiger partial charge in [0.25, 0.3) is 0 Å². The first kappa shape index (κ1) is 14.2. The Balaban J connectivity index is 2.60. The number of hydrogen-bond donors (Lipinski definition) is 1. The number of carbonyl (C=O) groups is 1. The maximum atomic E-state index is 12.2. The largest absolute Gasteiger partial charge is 0.406 e. The molecule has 1 aliphatic heterocycles. The van der Waals surface area contributed by atoms with Crippen molar-refractivity contribution in [3.05, 3.63) is 0 Å². The van der Waals surface area contributed by atoms with E-state index in [1.54, 1.807) is 4.90 Å². The first-order valence-corrected chi connectivity index (χ1v) is 5.59. The van der Waals surface area contributed by atoms with Crippen molar-refractivity contribution in [1.82, 2.24) is 9.80 Å². The third-order valence-electron chi connectivity index (χ3n) is 2.87. The Hall–Kier alpha value is -0.820. The molecule has 0 saturated carbocycles. The lowest BCUT2D eigenvalue weighted by molar-refractivity contribution is -0.159. The van der Waals surface area contributed by atoms with Gasteiger partial charge in [-0.1, -0.05) is 6.92 Å². The van der Waals surface area contributed by atoms with Crippen molar-refractivity contribution in [2.24, 2.45) is 0 Å². The molecule has 0 radical (unpaired) electrons. The highest BCUT2D eigenvalue weighted by Crippen LogP contribution is 2.23. The monoisotopic (exact) mass is 254 g/mol. The van der Waals surface area contributed by atoms with E-state index in [4.69, 9.17) is 5.11 Å². The molecule has 1 fully saturated rings. The number of likely N-dealkylation sites (tertiary alicyclic amines) is 1. The van der Waals surface area contributed by atoms with E-state index >= 15 is 0 Å². The van der Waals surface area contributed by atoms with Gasteiger partial charge in [0.15, 0.2) is 0 Å². The highest BCUT2D eigenvalue weighted by molar-refractivity contribution is 5.84. The van der Waals surface area contributed by atoms with Crippen molar-refractivity contribution < 1.29 is 23.1 Å². The number of carbonyl (C=O) groups excluding carboxylic acids is 1. The fourth-order valence-electron chi connectivity index (χ4n) is 2.10. The number of halogens is 3. The van der Waals surface area contributed by atoms with Crippen molar-refractivity contribution in [2.45, 2.75) is 25.6 Å². The van der Waals surface area contributed by atoms with Crippen LogP contribution in [0.25, 0.3) is 0 Å². The fraction of sp³-hybridized carbons (Fsp3) is 0.900. The number of nitrogens with zero attached hydrogens (tertiary/aromatic N) is 2. The van der Waals surface area contributed by atoms with E-state index in [9.17, 15) is 18.0 Å². The van der Waals surface area contributed by atoms with Crippen LogP contribution in [0.1, 0.15) is 13.3 Å². The van der Waals surface area contributed by atoms with E-state index in [1.165, 1.54) is 0 Å². The molecular formula is C10H17F3N2O2. The van der Waals surface area contributed by atoms with Gasteiger partial charge in [-0.15, -0.1) is 0 Å². The number of rotatable bonds is 5. The molecule has 4 nitrogen and oxygen atoms in total. The first-order valence-electron chi connectivity index (χ1n) is 5.59. The standard InChI is InChI=1S/C10H17F3N2O2/c1-2-14(5-6-16)8-3-4-15(9(8)17)7-10(11,12)13/h8,16H,2-7H2,1H3. The summed E-state index contributed by atoms with van der Waals surface area (Å²) in [7, 11) is 0. The molecular weight excluding hydrogens is 237 g/mol. The Morgan fingerprint density at radius 1 is 1.53 bits per heavy atom. The van der Waals surface area contributed by atoms with E-state index in [1.807, 2.05) is 6.92 Å². The van der Waals surface area contributed by atoms with E-state index in [0.29, 0.717) is 19.5 Å². The summed E-state index contributed by atoms with van der Waals surface area (Å²) in [6, 6.07) is -0.519. The summed E-state index contributed by atoms with van der Waals surface area (Å²) in [5.74, 6) is -0.488. The van der Waals surface area contributed by atoms with Crippen LogP contribution in [0.3, 0.4) is 0 Å². The zero-order valence-corrected chi connectivity index (χ0v) is 9.70. The number of alkyl halides is 3. The molecule has 17 heavy (non-hydrogen) atoms. The van der Waals surface area contributed by atoms with Gasteiger partial charge in [-0.25, -0.2) is 0 Å². The molecule has 7 heteroatoms. The molecule has 100 valence electrons. The quantitative estimate of drug-likeness (QED) is 0.775. The summed E-state index contributed by atoms with van der Waals surface area (Å²) in [5.41, 5.74) is 0. The van der Waals surface area contributed by atoms with Crippen LogP contribution in [0, 0.1) is 0 Å². The molecule has 1 saturated heterocycles. The smallest absolute Gasteiger partial charge is 0.395 e. The molecule has 1 N–H and O–H groups in total. The summed E-state index contributed by atoms with van der Waals surface area (Å²) in [6.07, 6.45) is -3.96. The van der Waals surface area contributed by atoms with E-state index < -0.39 is 24.7 Å². The summed E-state index contributed by atoms with van der Waals surface area (Å²) < 4.78 is 36.6. The molecule has 0 aromatic heterocycles. The van der Waals surface area contributed by atoms with Crippen molar-refractivity contribution in [3.63, 3.8) is 0 Å². The zero-order valence-electron chi connectivity index (χ0n) is 9.70. The van der Waals surface area contributed by atoms with Crippen molar-refractivity contribution in [1.29, 1.82) is 0 Å². The molecule has 0 bridgehead atoms. The molecule has 1 heterocycles. The first-order chi connectivity index (χ1) is 7.89. The zero-order chi connectivity index (χ0) is 13.1. The van der Waals surface area contributed by atoms with Gasteiger partial charge in [-0.05, 0) is 13.0 Å². The van der Waals surface area contributed by atoms with Gasteiger partial charge < -0.3 is 10.0 Å². The highest BCUT2D eigenvalue weighted by Gasteiger charge is 2.40. The average molecular weight is 254 g/mol. The van der Waals surface area contributed by atoms with E-state index in [-0.39, 0.29) is 13.2 Å². The van der Waals surface area contributed by atoms with Crippen LogP contribution < -0.4 is 0 Å². The summed E-state index contributed by atoms with van der Waals surface area (Å²) in [5, 5.41) is 8.82. The van der Waals surface area contributed by atoms with Gasteiger partial charge in [0.1, 0.15) is 6.54 Å². The maximum absolute atomic E-state index is 12.2. The minimum Gasteiger partial charge on any atom is -0.395 e. The second kappa shape index (κ2) is 5.68. The lowest BCUT2D eigenvalue weighted by atomic mass is 10.2. The topological polar surface area (TPSA) is 43.8 Å². The lowest BCUT2D eigenvalue weighted by Crippen LogP contribution is -2.44. The number of aliphatic hydroxyl groups is 1. The van der Waals surface area contributed by atoms with Crippen molar-refractivity contribution in [2.75, 3.05) is 32.8 Å². The average Bonchev–Trinajstić information content (AvgIpc) is 2.55. The maximum Gasteiger partial charge on any atom is 0.406 e. The van der Waals surface area contributed by atoms with Crippen LogP contribution in [0.2, 0.25) is 0 Å². The van der Waals surface area contributed by atoms with Gasteiger partial charge >= 0.3 is 6.18 Å². The summed E-state index contributed by atoms with van der Waals surface area (Å²) >= 11 is 0. The summed E-state index contributed by atoms with van der Waals surface area (Å²) in [6.45, 7) is 1.51. The van der Waals surface area contributed by atoms with Crippen LogP contribution >= 0.6 is 0 Å². The Morgan fingerprint density at radius 2 is 2.18 bits per heavy atom. The molecule has 0 aromatic rings. The van der Waals surface area contributed by atoms with E-state index in [0.717, 1.165) is 4.90 Å². The van der Waals surface area contributed by atoms with Crippen LogP contribution in [-0.2, 0) is 4.79 Å². The molecule has 0 aromatic carbocycles. The molecule has 1 aliphatic rings. The molecule has 0 aliphatic carbocycles. The Morgan fingerprint density at radius 3 is 2.65 bits per heavy atom. The minimum atomic E-state index is -4.35. The number of aliphatic hydroxyl groups excluding tert-OH is 1. The molecule has 0 spiro atoms. The van der Waals surface area contributed by atoms with Crippen molar-refractivity contribution >= 4 is 5.91 Å². The predicted molar refractivity (Wildman–Crippen MR) is 55.4 cm³/mol. The SMILES string of the molecule is CCN(CCO)C1CCN(CC(F)(F)F)C1=O. The number of likely N-dealkylation sites (N-methyl/N-ethyl adjacent to an activating group) is 1. The van der Waals surface area contributed by atoms with Crippen LogP contribution in [-0.4, -0.2) is 65.8 Å². The van der Waals surface area contributed by atoms with Crippen molar-refractivity contribution in [3.8, 4) is 0 Å². The molecule has 1 unspecified atom stereocenters. The Bertz CT molecular complexity index is 271. The van der Waals surface area contributed by atoms with Gasteiger partial charge in [-0.2, -0.15) is 13.2 Å². The van der Waals surface area contributed by atoms with Gasteiger partial charge in [0, 0.05) is 13.1 Å². The normalized spacial score (nSPS) is 21.6.